The Kier molecular flexibility index (Phi) is 2.66. The van der Waals surface area contributed by atoms with Crippen molar-refractivity contribution < 1.29 is 0 Å². The second-order valence-electron chi connectivity index (χ2n) is 4.27. The highest BCUT2D eigenvalue weighted by Crippen LogP contribution is 2.43. The zero-order valence-corrected chi connectivity index (χ0v) is 8.69. The molecule has 12 heavy (non-hydrogen) atoms. The Morgan fingerprint density at radius 1 is 0.667 bits per heavy atom. The van der Waals surface area contributed by atoms with Gasteiger partial charge in [0.1, 0.15) is 0 Å². The average molecular weight is 211 g/mol. The number of piperazine rings is 1. The van der Waals surface area contributed by atoms with Crippen LogP contribution in [0.3, 0.4) is 0 Å². The number of hydrogen-bond donors (Lipinski definition) is 2. The molecule has 3 rings (SSSR count). The van der Waals surface area contributed by atoms with Crippen molar-refractivity contribution in [1.82, 2.24) is 10.6 Å². The minimum atomic E-state index is 0. The van der Waals surface area contributed by atoms with E-state index in [1.54, 1.807) is 0 Å². The molecule has 2 aliphatic carbocycles. The summed E-state index contributed by atoms with van der Waals surface area (Å²) in [5, 5.41) is 7.32. The minimum absolute atomic E-state index is 0. The van der Waals surface area contributed by atoms with Gasteiger partial charge in [0.2, 0.25) is 0 Å². The van der Waals surface area contributed by atoms with Gasteiger partial charge in [-0.3, -0.25) is 0 Å². The summed E-state index contributed by atoms with van der Waals surface area (Å²) in [5.74, 6) is 0. The molecule has 0 bridgehead atoms. The first-order chi connectivity index (χ1) is 4.83. The van der Waals surface area contributed by atoms with Gasteiger partial charge in [0, 0.05) is 24.2 Å². The highest BCUT2D eigenvalue weighted by molar-refractivity contribution is 5.85. The fourth-order valence-electron chi connectivity index (χ4n) is 1.85. The van der Waals surface area contributed by atoms with Gasteiger partial charge in [0.15, 0.2) is 0 Å². The molecule has 1 aliphatic heterocycles. The average Bonchev–Trinajstić information content (AvgIpc) is 2.75. The molecule has 0 aromatic rings. The van der Waals surface area contributed by atoms with Crippen molar-refractivity contribution in [2.45, 2.75) is 36.8 Å². The van der Waals surface area contributed by atoms with Crippen LogP contribution >= 0.6 is 24.8 Å². The number of hydrogen-bond acceptors (Lipinski definition) is 2. The fourth-order valence-corrected chi connectivity index (χ4v) is 1.85. The predicted octanol–water partition coefficient (Wildman–Crippen LogP) is 1.09. The van der Waals surface area contributed by atoms with Gasteiger partial charge in [-0.05, 0) is 25.7 Å². The van der Waals surface area contributed by atoms with Crippen LogP contribution in [0.2, 0.25) is 0 Å². The zero-order chi connectivity index (χ0) is 6.66. The van der Waals surface area contributed by atoms with Crippen LogP contribution in [0.15, 0.2) is 0 Å². The second-order valence-corrected chi connectivity index (χ2v) is 4.27. The van der Waals surface area contributed by atoms with E-state index in [2.05, 4.69) is 10.6 Å². The van der Waals surface area contributed by atoms with Gasteiger partial charge in [0.05, 0.1) is 0 Å². The molecule has 2 N–H and O–H groups in total. The number of halogens is 2. The molecule has 72 valence electrons. The molecule has 2 spiro atoms. The SMILES string of the molecule is C1CC12CNC1(CC1)CN2.Cl.Cl. The first-order valence-electron chi connectivity index (χ1n) is 4.33. The fraction of sp³-hybridized carbons (Fsp3) is 1.00. The number of rotatable bonds is 0. The topological polar surface area (TPSA) is 24.1 Å². The van der Waals surface area contributed by atoms with E-state index in [1.165, 1.54) is 38.8 Å². The van der Waals surface area contributed by atoms with E-state index in [0.29, 0.717) is 11.1 Å². The van der Waals surface area contributed by atoms with Gasteiger partial charge in [0.25, 0.3) is 0 Å². The van der Waals surface area contributed by atoms with Crippen LogP contribution in [-0.2, 0) is 0 Å². The van der Waals surface area contributed by atoms with Crippen molar-refractivity contribution in [3.63, 3.8) is 0 Å². The van der Waals surface area contributed by atoms with Gasteiger partial charge in [-0.1, -0.05) is 0 Å². The van der Waals surface area contributed by atoms with E-state index < -0.39 is 0 Å². The summed E-state index contributed by atoms with van der Waals surface area (Å²) in [4.78, 5) is 0. The van der Waals surface area contributed by atoms with E-state index in [0.717, 1.165) is 0 Å². The minimum Gasteiger partial charge on any atom is -0.308 e. The Hall–Kier alpha value is 0.500. The van der Waals surface area contributed by atoms with Crippen LogP contribution in [0.1, 0.15) is 25.7 Å². The quantitative estimate of drug-likeness (QED) is 0.626. The van der Waals surface area contributed by atoms with Gasteiger partial charge in [-0.15, -0.1) is 24.8 Å². The summed E-state index contributed by atoms with van der Waals surface area (Å²) in [7, 11) is 0. The summed E-state index contributed by atoms with van der Waals surface area (Å²) in [6, 6.07) is 0. The molecule has 2 saturated carbocycles. The lowest BCUT2D eigenvalue weighted by Crippen LogP contribution is -2.57. The lowest BCUT2D eigenvalue weighted by atomic mass is 10.1. The lowest BCUT2D eigenvalue weighted by molar-refractivity contribution is 0.318. The monoisotopic (exact) mass is 210 g/mol. The Balaban J connectivity index is 0.000000360. The van der Waals surface area contributed by atoms with Crippen molar-refractivity contribution in [2.75, 3.05) is 13.1 Å². The molecule has 4 heteroatoms. The van der Waals surface area contributed by atoms with Crippen molar-refractivity contribution in [3.8, 4) is 0 Å². The summed E-state index contributed by atoms with van der Waals surface area (Å²) < 4.78 is 0. The van der Waals surface area contributed by atoms with Crippen LogP contribution in [0.25, 0.3) is 0 Å². The summed E-state index contributed by atoms with van der Waals surface area (Å²) in [5.41, 5.74) is 1.13. The molecule has 0 atom stereocenters. The molecule has 3 aliphatic rings. The van der Waals surface area contributed by atoms with Gasteiger partial charge >= 0.3 is 0 Å². The van der Waals surface area contributed by atoms with E-state index in [4.69, 9.17) is 0 Å². The van der Waals surface area contributed by atoms with Crippen LogP contribution in [0.4, 0.5) is 0 Å². The Bertz CT molecular complexity index is 144. The van der Waals surface area contributed by atoms with Crippen molar-refractivity contribution in [3.05, 3.63) is 0 Å². The standard InChI is InChI=1S/C8H14N2.2ClH/c1-2-7(1)5-10-8(3-4-8)6-9-7;;/h9-10H,1-6H2;2*1H. The third kappa shape index (κ3) is 1.58. The van der Waals surface area contributed by atoms with Crippen LogP contribution in [0, 0.1) is 0 Å². The second kappa shape index (κ2) is 3.02. The van der Waals surface area contributed by atoms with E-state index in [-0.39, 0.29) is 24.8 Å². The van der Waals surface area contributed by atoms with Crippen molar-refractivity contribution >= 4 is 24.8 Å². The predicted molar refractivity (Wildman–Crippen MR) is 54.4 cm³/mol. The third-order valence-corrected chi connectivity index (χ3v) is 3.31. The highest BCUT2D eigenvalue weighted by atomic mass is 35.5. The van der Waals surface area contributed by atoms with Crippen LogP contribution < -0.4 is 10.6 Å². The zero-order valence-electron chi connectivity index (χ0n) is 7.06. The maximum atomic E-state index is 3.66. The highest BCUT2D eigenvalue weighted by Gasteiger charge is 2.53. The first kappa shape index (κ1) is 10.6. The maximum Gasteiger partial charge on any atom is 0.0308 e. The molecular weight excluding hydrogens is 195 g/mol. The summed E-state index contributed by atoms with van der Waals surface area (Å²) in [6.45, 7) is 2.46. The normalized spacial score (nSPS) is 32.0. The van der Waals surface area contributed by atoms with Gasteiger partial charge < -0.3 is 10.6 Å². The molecule has 3 fully saturated rings. The van der Waals surface area contributed by atoms with E-state index in [1.807, 2.05) is 0 Å². The van der Waals surface area contributed by atoms with E-state index >= 15 is 0 Å². The smallest absolute Gasteiger partial charge is 0.0308 e. The Morgan fingerprint density at radius 2 is 1.00 bits per heavy atom. The van der Waals surface area contributed by atoms with Crippen molar-refractivity contribution in [2.24, 2.45) is 0 Å². The molecule has 1 heterocycles. The molecule has 2 nitrogen and oxygen atoms in total. The van der Waals surface area contributed by atoms with Gasteiger partial charge in [-0.2, -0.15) is 0 Å². The first-order valence-corrected chi connectivity index (χ1v) is 4.33. The Morgan fingerprint density at radius 3 is 1.17 bits per heavy atom. The lowest BCUT2D eigenvalue weighted by Gasteiger charge is -2.31. The molecule has 0 amide bonds. The molecule has 0 radical (unpaired) electrons. The number of nitrogens with one attached hydrogen (secondary N) is 2. The maximum absolute atomic E-state index is 3.66. The van der Waals surface area contributed by atoms with Crippen LogP contribution in [0.5, 0.6) is 0 Å². The summed E-state index contributed by atoms with van der Waals surface area (Å²) in [6.07, 6.45) is 5.60. The van der Waals surface area contributed by atoms with Crippen LogP contribution in [-0.4, -0.2) is 24.2 Å². The van der Waals surface area contributed by atoms with Gasteiger partial charge in [-0.25, -0.2) is 0 Å². The van der Waals surface area contributed by atoms with Crippen molar-refractivity contribution in [1.29, 1.82) is 0 Å². The molecule has 0 unspecified atom stereocenters. The third-order valence-electron chi connectivity index (χ3n) is 3.31. The molecular formula is C8H16Cl2N2. The summed E-state index contributed by atoms with van der Waals surface area (Å²) >= 11 is 0. The largest absolute Gasteiger partial charge is 0.308 e. The molecule has 0 aromatic heterocycles. The van der Waals surface area contributed by atoms with E-state index in [9.17, 15) is 0 Å². The Labute approximate surface area is 85.7 Å². The molecule has 1 saturated heterocycles. The molecule has 0 aromatic carbocycles.